The molecule has 0 aliphatic carbocycles. The monoisotopic (exact) mass is 362 g/mol. The van der Waals surface area contributed by atoms with Crippen LogP contribution in [-0.4, -0.2) is 81.6 Å². The zero-order valence-corrected chi connectivity index (χ0v) is 14.9. The summed E-state index contributed by atoms with van der Waals surface area (Å²) >= 11 is 0. The highest BCUT2D eigenvalue weighted by Gasteiger charge is 2.47. The smallest absolute Gasteiger partial charge is 0.274 e. The molecule has 0 unspecified atom stereocenters. The number of likely N-dealkylation sites (tertiary alicyclic amines) is 1. The van der Waals surface area contributed by atoms with Crippen molar-refractivity contribution in [3.63, 3.8) is 0 Å². The summed E-state index contributed by atoms with van der Waals surface area (Å²) in [6.07, 6.45) is 5.39. The van der Waals surface area contributed by atoms with Crippen LogP contribution in [0.4, 0.5) is 5.82 Å². The first-order valence-corrected chi connectivity index (χ1v) is 9.45. The van der Waals surface area contributed by atoms with Crippen molar-refractivity contribution in [1.82, 2.24) is 14.9 Å². The summed E-state index contributed by atoms with van der Waals surface area (Å²) in [5.41, 5.74) is -0.293. The summed E-state index contributed by atoms with van der Waals surface area (Å²) in [7, 11) is 0. The lowest BCUT2D eigenvalue weighted by atomic mass is 9.80. The minimum absolute atomic E-state index is 0.0560. The van der Waals surface area contributed by atoms with Gasteiger partial charge in [0, 0.05) is 26.2 Å². The summed E-state index contributed by atoms with van der Waals surface area (Å²) in [6.45, 7) is 3.32. The van der Waals surface area contributed by atoms with Gasteiger partial charge in [-0.05, 0) is 32.1 Å². The summed E-state index contributed by atoms with van der Waals surface area (Å²) in [4.78, 5) is 25.2. The van der Waals surface area contributed by atoms with E-state index in [0.717, 1.165) is 25.9 Å². The van der Waals surface area contributed by atoms with Crippen LogP contribution < -0.4 is 4.90 Å². The van der Waals surface area contributed by atoms with Crippen molar-refractivity contribution in [2.75, 3.05) is 37.7 Å². The standard InChI is InChI=1S/C18H26N4O4/c23-14-3-10-26-18(16(14)24)4-8-21(9-5-18)15-12-19-11-13(20-15)17(25)22-6-1-2-7-22/h11-12,14,16,23-24H,1-10H2/t14-,16-/m0/s1. The SMILES string of the molecule is O=C(c1cncc(N2CCC3(CC2)OCC[C@H](O)[C@@H]3O)n1)N1CCCC1. The van der Waals surface area contributed by atoms with Crippen LogP contribution in [0.15, 0.2) is 12.4 Å². The molecule has 8 nitrogen and oxygen atoms in total. The molecule has 3 aliphatic heterocycles. The molecule has 1 aromatic heterocycles. The number of carbonyl (C=O) groups excluding carboxylic acids is 1. The maximum absolute atomic E-state index is 12.5. The van der Waals surface area contributed by atoms with E-state index >= 15 is 0 Å². The Hall–Kier alpha value is -1.77. The van der Waals surface area contributed by atoms with E-state index in [-0.39, 0.29) is 5.91 Å². The first kappa shape index (κ1) is 17.6. The third-order valence-corrected chi connectivity index (χ3v) is 5.87. The van der Waals surface area contributed by atoms with E-state index in [1.54, 1.807) is 6.20 Å². The van der Waals surface area contributed by atoms with Gasteiger partial charge >= 0.3 is 0 Å². The molecule has 2 N–H and O–H groups in total. The van der Waals surface area contributed by atoms with Crippen LogP contribution >= 0.6 is 0 Å². The molecule has 0 bridgehead atoms. The second-order valence-electron chi connectivity index (χ2n) is 7.46. The lowest BCUT2D eigenvalue weighted by Gasteiger charge is -2.48. The summed E-state index contributed by atoms with van der Waals surface area (Å²) in [6, 6.07) is 0. The van der Waals surface area contributed by atoms with Crippen molar-refractivity contribution in [3.8, 4) is 0 Å². The van der Waals surface area contributed by atoms with Gasteiger partial charge in [0.05, 0.1) is 30.7 Å². The highest BCUT2D eigenvalue weighted by atomic mass is 16.5. The molecule has 8 heteroatoms. The largest absolute Gasteiger partial charge is 0.390 e. The minimum Gasteiger partial charge on any atom is -0.390 e. The van der Waals surface area contributed by atoms with Gasteiger partial charge in [-0.25, -0.2) is 4.98 Å². The van der Waals surface area contributed by atoms with E-state index < -0.39 is 17.8 Å². The fraction of sp³-hybridized carbons (Fsp3) is 0.722. The molecule has 1 aromatic rings. The highest BCUT2D eigenvalue weighted by Crippen LogP contribution is 2.36. The van der Waals surface area contributed by atoms with Gasteiger partial charge in [-0.1, -0.05) is 0 Å². The average Bonchev–Trinajstić information content (AvgIpc) is 3.21. The maximum atomic E-state index is 12.5. The molecular formula is C18H26N4O4. The van der Waals surface area contributed by atoms with Gasteiger partial charge in [0.15, 0.2) is 0 Å². The Morgan fingerprint density at radius 2 is 1.88 bits per heavy atom. The zero-order valence-electron chi connectivity index (χ0n) is 14.9. The van der Waals surface area contributed by atoms with Crippen molar-refractivity contribution in [2.24, 2.45) is 0 Å². The van der Waals surface area contributed by atoms with Crippen molar-refractivity contribution in [2.45, 2.75) is 49.9 Å². The molecule has 1 amide bonds. The van der Waals surface area contributed by atoms with E-state index in [2.05, 4.69) is 14.9 Å². The number of ether oxygens (including phenoxy) is 1. The second kappa shape index (κ2) is 7.09. The number of hydrogen-bond donors (Lipinski definition) is 2. The fourth-order valence-corrected chi connectivity index (χ4v) is 4.22. The Labute approximate surface area is 152 Å². The molecule has 4 heterocycles. The third-order valence-electron chi connectivity index (χ3n) is 5.87. The van der Waals surface area contributed by atoms with E-state index in [4.69, 9.17) is 4.74 Å². The van der Waals surface area contributed by atoms with Crippen LogP contribution in [-0.2, 0) is 4.74 Å². The summed E-state index contributed by atoms with van der Waals surface area (Å²) in [5.74, 6) is 0.621. The first-order chi connectivity index (χ1) is 12.6. The van der Waals surface area contributed by atoms with Gasteiger partial charge in [0.25, 0.3) is 5.91 Å². The van der Waals surface area contributed by atoms with Crippen LogP contribution in [0.5, 0.6) is 0 Å². The predicted molar refractivity (Wildman–Crippen MR) is 93.9 cm³/mol. The Kier molecular flexibility index (Phi) is 4.81. The molecule has 2 atom stereocenters. The van der Waals surface area contributed by atoms with Crippen LogP contribution in [0.1, 0.15) is 42.6 Å². The molecule has 1 spiro atoms. The number of carbonyl (C=O) groups is 1. The lowest BCUT2D eigenvalue weighted by Crippen LogP contribution is -2.60. The molecule has 3 aliphatic rings. The number of aliphatic hydroxyl groups excluding tert-OH is 2. The molecule has 142 valence electrons. The van der Waals surface area contributed by atoms with Gasteiger partial charge in [-0.2, -0.15) is 0 Å². The number of aromatic nitrogens is 2. The second-order valence-corrected chi connectivity index (χ2v) is 7.46. The first-order valence-electron chi connectivity index (χ1n) is 9.45. The van der Waals surface area contributed by atoms with E-state index in [1.165, 1.54) is 6.20 Å². The van der Waals surface area contributed by atoms with Crippen LogP contribution in [0.2, 0.25) is 0 Å². The van der Waals surface area contributed by atoms with Gasteiger partial charge in [-0.3, -0.25) is 9.78 Å². The summed E-state index contributed by atoms with van der Waals surface area (Å²) < 4.78 is 5.87. The molecule has 3 fully saturated rings. The minimum atomic E-state index is -0.854. The number of hydrogen-bond acceptors (Lipinski definition) is 7. The zero-order chi connectivity index (χ0) is 18.1. The summed E-state index contributed by atoms with van der Waals surface area (Å²) in [5, 5.41) is 20.3. The van der Waals surface area contributed by atoms with Crippen LogP contribution in [0.25, 0.3) is 0 Å². The van der Waals surface area contributed by atoms with Crippen LogP contribution in [0.3, 0.4) is 0 Å². The topological polar surface area (TPSA) is 99.0 Å². The fourth-order valence-electron chi connectivity index (χ4n) is 4.22. The third kappa shape index (κ3) is 3.17. The number of rotatable bonds is 2. The van der Waals surface area contributed by atoms with Gasteiger partial charge in [0.1, 0.15) is 17.6 Å². The van der Waals surface area contributed by atoms with E-state index in [1.807, 2.05) is 4.90 Å². The van der Waals surface area contributed by atoms with Crippen molar-refractivity contribution in [3.05, 3.63) is 18.1 Å². The number of amides is 1. The molecule has 0 saturated carbocycles. The average molecular weight is 362 g/mol. The Balaban J connectivity index is 1.44. The Morgan fingerprint density at radius 1 is 1.15 bits per heavy atom. The predicted octanol–water partition coefficient (Wildman–Crippen LogP) is 0.194. The molecule has 3 saturated heterocycles. The quantitative estimate of drug-likeness (QED) is 0.775. The van der Waals surface area contributed by atoms with E-state index in [0.29, 0.717) is 50.5 Å². The Bertz CT molecular complexity index is 656. The number of piperidine rings is 1. The molecule has 0 aromatic carbocycles. The molecule has 0 radical (unpaired) electrons. The van der Waals surface area contributed by atoms with Crippen molar-refractivity contribution < 1.29 is 19.7 Å². The Morgan fingerprint density at radius 3 is 2.62 bits per heavy atom. The van der Waals surface area contributed by atoms with E-state index in [9.17, 15) is 15.0 Å². The number of anilines is 1. The molecule has 26 heavy (non-hydrogen) atoms. The lowest BCUT2D eigenvalue weighted by molar-refractivity contribution is -0.205. The highest BCUT2D eigenvalue weighted by molar-refractivity contribution is 5.92. The van der Waals surface area contributed by atoms with Crippen molar-refractivity contribution in [1.29, 1.82) is 0 Å². The van der Waals surface area contributed by atoms with Gasteiger partial charge < -0.3 is 24.7 Å². The van der Waals surface area contributed by atoms with Crippen LogP contribution in [0, 0.1) is 0 Å². The molecule has 4 rings (SSSR count). The van der Waals surface area contributed by atoms with Crippen molar-refractivity contribution >= 4 is 11.7 Å². The number of aliphatic hydroxyl groups is 2. The molecular weight excluding hydrogens is 336 g/mol. The normalized spacial score (nSPS) is 28.5. The van der Waals surface area contributed by atoms with Gasteiger partial charge in [-0.15, -0.1) is 0 Å². The van der Waals surface area contributed by atoms with Gasteiger partial charge in [0.2, 0.25) is 0 Å². The maximum Gasteiger partial charge on any atom is 0.274 e. The number of nitrogens with zero attached hydrogens (tertiary/aromatic N) is 4.